The average Bonchev–Trinajstić information content (AvgIpc) is 3.71. The topological polar surface area (TPSA) is 117 Å². The van der Waals surface area contributed by atoms with Crippen LogP contribution in [0.15, 0.2) is 42.6 Å². The number of alkyl halides is 3. The second-order valence-corrected chi connectivity index (χ2v) is 12.0. The molecule has 45 heavy (non-hydrogen) atoms. The normalized spacial score (nSPS) is 16.9. The van der Waals surface area contributed by atoms with Crippen molar-refractivity contribution in [2.75, 3.05) is 34.5 Å². The molecular formula is C32H33F3N4O6. The van der Waals surface area contributed by atoms with E-state index >= 15 is 0 Å². The minimum Gasteiger partial charge on any atom is -0.494 e. The molecule has 0 unspecified atom stereocenters. The molecule has 10 nitrogen and oxygen atoms in total. The highest BCUT2D eigenvalue weighted by Crippen LogP contribution is 2.48. The molecule has 6 rings (SSSR count). The van der Waals surface area contributed by atoms with E-state index in [9.17, 15) is 23.1 Å². The van der Waals surface area contributed by atoms with E-state index in [4.69, 9.17) is 18.9 Å². The summed E-state index contributed by atoms with van der Waals surface area (Å²) in [6.45, 7) is 2.64. The second kappa shape index (κ2) is 10.8. The summed E-state index contributed by atoms with van der Waals surface area (Å²) in [4.78, 5) is 17.6. The molecule has 1 aliphatic heterocycles. The number of ether oxygens (including phenoxy) is 4. The van der Waals surface area contributed by atoms with Crippen molar-refractivity contribution < 1.29 is 42.0 Å². The molecule has 0 saturated heterocycles. The number of benzene rings is 2. The van der Waals surface area contributed by atoms with Crippen LogP contribution in [0.2, 0.25) is 0 Å². The molecule has 2 aliphatic rings. The Morgan fingerprint density at radius 2 is 1.78 bits per heavy atom. The Bertz CT molecular complexity index is 1800. The SMILES string of the molecule is COc1ccc(-c2nc([C@@](O)(CNC(=O)c3cc(OC)c4nn(C5CC5)cc4c3)C(F)(F)F)cc3c2OCC3(C)C)cc1OC. The van der Waals surface area contributed by atoms with Crippen molar-refractivity contribution in [3.63, 3.8) is 0 Å². The molecule has 1 atom stereocenters. The number of fused-ring (bicyclic) bond motifs is 2. The number of carbonyl (C=O) groups excluding carboxylic acids is 1. The molecule has 238 valence electrons. The van der Waals surface area contributed by atoms with Gasteiger partial charge in [-0.1, -0.05) is 13.8 Å². The maximum atomic E-state index is 14.8. The van der Waals surface area contributed by atoms with Gasteiger partial charge in [-0.3, -0.25) is 9.48 Å². The Hall–Kier alpha value is -4.52. The van der Waals surface area contributed by atoms with Crippen LogP contribution in [0.5, 0.6) is 23.0 Å². The van der Waals surface area contributed by atoms with Crippen molar-refractivity contribution in [1.82, 2.24) is 20.1 Å². The number of pyridine rings is 1. The lowest BCUT2D eigenvalue weighted by molar-refractivity contribution is -0.265. The fourth-order valence-corrected chi connectivity index (χ4v) is 5.48. The number of hydrogen-bond donors (Lipinski definition) is 2. The summed E-state index contributed by atoms with van der Waals surface area (Å²) >= 11 is 0. The van der Waals surface area contributed by atoms with E-state index < -0.39 is 35.3 Å². The first-order valence-electron chi connectivity index (χ1n) is 14.3. The van der Waals surface area contributed by atoms with Crippen LogP contribution in [-0.4, -0.2) is 66.4 Å². The molecule has 2 aromatic heterocycles. The maximum absolute atomic E-state index is 14.8. The highest BCUT2D eigenvalue weighted by molar-refractivity contribution is 6.00. The Morgan fingerprint density at radius 3 is 2.42 bits per heavy atom. The predicted octanol–water partition coefficient (Wildman–Crippen LogP) is 5.31. The Morgan fingerprint density at radius 1 is 1.07 bits per heavy atom. The van der Waals surface area contributed by atoms with Crippen LogP contribution in [0, 0.1) is 0 Å². The van der Waals surface area contributed by atoms with Crippen molar-refractivity contribution in [1.29, 1.82) is 0 Å². The number of methoxy groups -OCH3 is 3. The number of nitrogens with zero attached hydrogens (tertiary/aromatic N) is 3. The summed E-state index contributed by atoms with van der Waals surface area (Å²) in [6.07, 6.45) is -1.44. The van der Waals surface area contributed by atoms with Gasteiger partial charge in [0.25, 0.3) is 5.91 Å². The van der Waals surface area contributed by atoms with Crippen molar-refractivity contribution in [2.45, 2.75) is 49.9 Å². The molecule has 1 fully saturated rings. The molecule has 1 saturated carbocycles. The van der Waals surface area contributed by atoms with E-state index in [2.05, 4.69) is 15.4 Å². The minimum atomic E-state index is -5.22. The van der Waals surface area contributed by atoms with Crippen LogP contribution in [0.3, 0.4) is 0 Å². The third kappa shape index (κ3) is 5.28. The van der Waals surface area contributed by atoms with Crippen molar-refractivity contribution in [3.05, 3.63) is 59.4 Å². The summed E-state index contributed by atoms with van der Waals surface area (Å²) < 4.78 is 68.3. The fraction of sp³-hybridized carbons (Fsp3) is 0.406. The van der Waals surface area contributed by atoms with Gasteiger partial charge in [-0.25, -0.2) is 4.98 Å². The molecule has 1 amide bonds. The number of aliphatic hydroxyl groups is 1. The predicted molar refractivity (Wildman–Crippen MR) is 158 cm³/mol. The Kier molecular flexibility index (Phi) is 7.34. The number of nitrogens with one attached hydrogen (secondary N) is 1. The molecule has 0 radical (unpaired) electrons. The van der Waals surface area contributed by atoms with E-state index in [1.807, 2.05) is 13.8 Å². The third-order valence-electron chi connectivity index (χ3n) is 8.33. The van der Waals surface area contributed by atoms with Gasteiger partial charge in [0.1, 0.15) is 22.7 Å². The van der Waals surface area contributed by atoms with Gasteiger partial charge < -0.3 is 29.4 Å². The van der Waals surface area contributed by atoms with Gasteiger partial charge in [0.2, 0.25) is 5.60 Å². The van der Waals surface area contributed by atoms with Crippen molar-refractivity contribution in [3.8, 4) is 34.3 Å². The van der Waals surface area contributed by atoms with Crippen LogP contribution in [0.25, 0.3) is 22.2 Å². The second-order valence-electron chi connectivity index (χ2n) is 12.0. The van der Waals surface area contributed by atoms with Crippen LogP contribution in [-0.2, 0) is 11.0 Å². The van der Waals surface area contributed by atoms with Crippen molar-refractivity contribution in [2.24, 2.45) is 0 Å². The number of hydrogen-bond acceptors (Lipinski definition) is 8. The standard InChI is InChI=1S/C32H33F3N4O6/c1-30(2)16-45-28-21(30)13-25(37-27(28)17-6-9-22(42-3)23(11-17)43-4)31(41,32(33,34)35)15-36-29(40)18-10-19-14-39(20-7-8-20)38-26(19)24(12-18)44-5/h6,9-14,20,41H,7-8,15-16H2,1-5H3,(H,36,40)/t31-/m0/s1. The van der Waals surface area contributed by atoms with Crippen LogP contribution in [0.4, 0.5) is 13.2 Å². The monoisotopic (exact) mass is 626 g/mol. The Labute approximate surface area is 257 Å². The van der Waals surface area contributed by atoms with Crippen LogP contribution in [0.1, 0.15) is 54.3 Å². The highest BCUT2D eigenvalue weighted by Gasteiger charge is 2.57. The lowest BCUT2D eigenvalue weighted by Gasteiger charge is -2.31. The van der Waals surface area contributed by atoms with Gasteiger partial charge >= 0.3 is 6.18 Å². The largest absolute Gasteiger partial charge is 0.494 e. The molecule has 0 spiro atoms. The van der Waals surface area contributed by atoms with Gasteiger partial charge in [-0.2, -0.15) is 18.3 Å². The first kappa shape index (κ1) is 30.5. The van der Waals surface area contributed by atoms with Gasteiger partial charge in [-0.05, 0) is 49.2 Å². The van der Waals surface area contributed by atoms with E-state index in [1.54, 1.807) is 29.1 Å². The van der Waals surface area contributed by atoms with Crippen LogP contribution < -0.4 is 24.3 Å². The number of rotatable bonds is 9. The van der Waals surface area contributed by atoms with E-state index in [-0.39, 0.29) is 23.9 Å². The van der Waals surface area contributed by atoms with Crippen LogP contribution >= 0.6 is 0 Å². The van der Waals surface area contributed by atoms with Gasteiger partial charge in [0, 0.05) is 33.7 Å². The van der Waals surface area contributed by atoms with E-state index in [0.29, 0.717) is 45.0 Å². The molecule has 1 aliphatic carbocycles. The smallest absolute Gasteiger partial charge is 0.424 e. The van der Waals surface area contributed by atoms with E-state index in [1.165, 1.54) is 39.5 Å². The number of aromatic nitrogens is 3. The third-order valence-corrected chi connectivity index (χ3v) is 8.33. The molecule has 0 bridgehead atoms. The zero-order valence-corrected chi connectivity index (χ0v) is 25.4. The zero-order valence-electron chi connectivity index (χ0n) is 25.4. The van der Waals surface area contributed by atoms with E-state index in [0.717, 1.165) is 12.8 Å². The molecule has 3 heterocycles. The quantitative estimate of drug-likeness (QED) is 0.257. The van der Waals surface area contributed by atoms with Gasteiger partial charge in [0.05, 0.1) is 46.2 Å². The zero-order chi connectivity index (χ0) is 32.3. The first-order chi connectivity index (χ1) is 21.3. The fourth-order valence-electron chi connectivity index (χ4n) is 5.48. The number of amides is 1. The highest BCUT2D eigenvalue weighted by atomic mass is 19.4. The number of halogens is 3. The summed E-state index contributed by atoms with van der Waals surface area (Å²) in [5, 5.41) is 18.8. The summed E-state index contributed by atoms with van der Waals surface area (Å²) in [5.74, 6) is 0.532. The molecular weight excluding hydrogens is 593 g/mol. The summed E-state index contributed by atoms with van der Waals surface area (Å²) in [7, 11) is 4.33. The maximum Gasteiger partial charge on any atom is 0.424 e. The van der Waals surface area contributed by atoms with Gasteiger partial charge in [0.15, 0.2) is 11.5 Å². The summed E-state index contributed by atoms with van der Waals surface area (Å²) in [6, 6.07) is 9.22. The lowest BCUT2D eigenvalue weighted by atomic mass is 9.84. The van der Waals surface area contributed by atoms with Crippen molar-refractivity contribution >= 4 is 16.8 Å². The Balaban J connectivity index is 1.39. The molecule has 13 heteroatoms. The molecule has 2 N–H and O–H groups in total. The average molecular weight is 627 g/mol. The minimum absolute atomic E-state index is 0.0571. The number of carbonyl (C=O) groups is 1. The first-order valence-corrected chi connectivity index (χ1v) is 14.3. The molecule has 4 aromatic rings. The van der Waals surface area contributed by atoms with Gasteiger partial charge in [-0.15, -0.1) is 0 Å². The lowest BCUT2D eigenvalue weighted by Crippen LogP contribution is -2.51. The summed E-state index contributed by atoms with van der Waals surface area (Å²) in [5.41, 5.74) is -3.40. The molecule has 2 aromatic carbocycles.